The van der Waals surface area contributed by atoms with Crippen LogP contribution in [-0.4, -0.2) is 18.4 Å². The Labute approximate surface area is 144 Å². The van der Waals surface area contributed by atoms with Crippen molar-refractivity contribution in [1.82, 2.24) is 0 Å². The van der Waals surface area contributed by atoms with Gasteiger partial charge in [0.05, 0.1) is 12.2 Å². The summed E-state index contributed by atoms with van der Waals surface area (Å²) in [6.45, 7) is 4.31. The molecule has 0 N–H and O–H groups in total. The molecule has 1 heterocycles. The summed E-state index contributed by atoms with van der Waals surface area (Å²) in [5, 5.41) is 0. The van der Waals surface area contributed by atoms with Crippen molar-refractivity contribution >= 4 is 17.6 Å². The Bertz CT molecular complexity index is 594. The summed E-state index contributed by atoms with van der Waals surface area (Å²) in [5.41, 5.74) is 1.96. The smallest absolute Gasteiger partial charge is 0.307 e. The molecule has 1 amide bonds. The van der Waals surface area contributed by atoms with E-state index in [-0.39, 0.29) is 17.8 Å². The molecule has 1 aromatic rings. The highest BCUT2D eigenvalue weighted by molar-refractivity contribution is 6.06. The third kappa shape index (κ3) is 4.70. The molecule has 2 rings (SSSR count). The first-order chi connectivity index (χ1) is 11.6. The number of carbonyl (C=O) groups is 2. The second kappa shape index (κ2) is 9.26. The third-order valence-corrected chi connectivity index (χ3v) is 4.33. The lowest BCUT2D eigenvalue weighted by Gasteiger charge is -2.17. The molecule has 24 heavy (non-hydrogen) atoms. The largest absolute Gasteiger partial charge is 0.435 e. The van der Waals surface area contributed by atoms with E-state index in [4.69, 9.17) is 4.74 Å². The lowest BCUT2D eigenvalue weighted by molar-refractivity contribution is -0.135. The van der Waals surface area contributed by atoms with Crippen LogP contribution in [-0.2, 0) is 14.3 Å². The van der Waals surface area contributed by atoms with Gasteiger partial charge >= 0.3 is 5.97 Å². The summed E-state index contributed by atoms with van der Waals surface area (Å²) in [6.07, 6.45) is 10.2. The van der Waals surface area contributed by atoms with Gasteiger partial charge in [0.25, 0.3) is 0 Å². The minimum Gasteiger partial charge on any atom is -0.435 e. The molecule has 1 aliphatic rings. The van der Waals surface area contributed by atoms with Crippen molar-refractivity contribution in [2.45, 2.75) is 58.3 Å². The molecule has 4 nitrogen and oxygen atoms in total. The monoisotopic (exact) mass is 329 g/mol. The van der Waals surface area contributed by atoms with Gasteiger partial charge in [-0.2, -0.15) is 0 Å². The van der Waals surface area contributed by atoms with Crippen LogP contribution < -0.4 is 4.90 Å². The van der Waals surface area contributed by atoms with Crippen molar-refractivity contribution in [1.29, 1.82) is 0 Å². The number of fused-ring (bicyclic) bond motifs is 1. The van der Waals surface area contributed by atoms with Crippen molar-refractivity contribution in [3.8, 4) is 0 Å². The lowest BCUT2D eigenvalue weighted by atomic mass is 10.0. The highest BCUT2D eigenvalue weighted by Gasteiger charge is 2.34. The molecular weight excluding hydrogens is 302 g/mol. The second-order valence-corrected chi connectivity index (χ2v) is 6.23. The first-order valence-electron chi connectivity index (χ1n) is 8.89. The fourth-order valence-corrected chi connectivity index (χ4v) is 3.10. The molecule has 0 saturated carbocycles. The zero-order valence-electron chi connectivity index (χ0n) is 14.7. The molecule has 1 unspecified atom stereocenters. The first-order valence-corrected chi connectivity index (χ1v) is 8.89. The van der Waals surface area contributed by atoms with E-state index in [2.05, 4.69) is 6.92 Å². The number of hydrogen-bond acceptors (Lipinski definition) is 3. The van der Waals surface area contributed by atoms with Gasteiger partial charge in [-0.25, -0.2) is 0 Å². The number of para-hydroxylation sites is 1. The molecule has 0 spiro atoms. The molecule has 0 aromatic heterocycles. The van der Waals surface area contributed by atoms with E-state index in [0.29, 0.717) is 0 Å². The predicted octanol–water partition coefficient (Wildman–Crippen LogP) is 4.55. The van der Waals surface area contributed by atoms with Crippen molar-refractivity contribution in [2.24, 2.45) is 0 Å². The highest BCUT2D eigenvalue weighted by Crippen LogP contribution is 2.38. The number of anilines is 1. The van der Waals surface area contributed by atoms with E-state index >= 15 is 0 Å². The van der Waals surface area contributed by atoms with E-state index in [1.165, 1.54) is 38.9 Å². The standard InChI is InChI=1S/C20H27NO3/c1-3-4-5-6-7-10-14-21-19-12-9-8-11-17(19)18(20(21)23)13-15-24-16(2)22/h8-9,11-13,15,18H,3-7,10,14H2,1-2H3/b15-13-. The van der Waals surface area contributed by atoms with Crippen molar-refractivity contribution < 1.29 is 14.3 Å². The molecule has 0 radical (unpaired) electrons. The quantitative estimate of drug-likeness (QED) is 0.379. The van der Waals surface area contributed by atoms with Crippen LogP contribution in [0, 0.1) is 0 Å². The van der Waals surface area contributed by atoms with E-state index in [0.717, 1.165) is 30.6 Å². The summed E-state index contributed by atoms with van der Waals surface area (Å²) >= 11 is 0. The van der Waals surface area contributed by atoms with Crippen LogP contribution in [0.25, 0.3) is 0 Å². The first kappa shape index (κ1) is 18.2. The molecular formula is C20H27NO3. The number of amides is 1. The number of carbonyl (C=O) groups excluding carboxylic acids is 2. The Morgan fingerprint density at radius 1 is 1.17 bits per heavy atom. The lowest BCUT2D eigenvalue weighted by Crippen LogP contribution is -2.29. The number of rotatable bonds is 9. The van der Waals surface area contributed by atoms with Crippen molar-refractivity contribution in [3.63, 3.8) is 0 Å². The van der Waals surface area contributed by atoms with Gasteiger partial charge in [0, 0.05) is 19.2 Å². The van der Waals surface area contributed by atoms with Gasteiger partial charge in [-0.3, -0.25) is 9.59 Å². The topological polar surface area (TPSA) is 46.6 Å². The number of ether oxygens (including phenoxy) is 1. The van der Waals surface area contributed by atoms with Crippen LogP contribution in [0.15, 0.2) is 36.6 Å². The molecule has 0 fully saturated rings. The number of esters is 1. The average Bonchev–Trinajstić information content (AvgIpc) is 2.83. The van der Waals surface area contributed by atoms with Crippen LogP contribution in [0.3, 0.4) is 0 Å². The Kier molecular flexibility index (Phi) is 7.04. The van der Waals surface area contributed by atoms with Gasteiger partial charge < -0.3 is 9.64 Å². The average molecular weight is 329 g/mol. The summed E-state index contributed by atoms with van der Waals surface area (Å²) in [4.78, 5) is 25.5. The van der Waals surface area contributed by atoms with Gasteiger partial charge in [0.2, 0.25) is 5.91 Å². The van der Waals surface area contributed by atoms with Gasteiger partial charge in [-0.1, -0.05) is 57.2 Å². The maximum absolute atomic E-state index is 12.7. The molecule has 0 saturated heterocycles. The van der Waals surface area contributed by atoms with E-state index in [1.807, 2.05) is 29.2 Å². The van der Waals surface area contributed by atoms with Crippen LogP contribution in [0.2, 0.25) is 0 Å². The Morgan fingerprint density at radius 2 is 1.88 bits per heavy atom. The fraction of sp³-hybridized carbons (Fsp3) is 0.500. The van der Waals surface area contributed by atoms with Gasteiger partial charge in [-0.05, 0) is 24.1 Å². The summed E-state index contributed by atoms with van der Waals surface area (Å²) in [5.74, 6) is -0.678. The van der Waals surface area contributed by atoms with Crippen molar-refractivity contribution in [3.05, 3.63) is 42.2 Å². The molecule has 1 aliphatic heterocycles. The third-order valence-electron chi connectivity index (χ3n) is 4.33. The molecule has 130 valence electrons. The van der Waals surface area contributed by atoms with E-state index < -0.39 is 0 Å². The number of unbranched alkanes of at least 4 members (excludes halogenated alkanes) is 5. The Morgan fingerprint density at radius 3 is 2.62 bits per heavy atom. The highest BCUT2D eigenvalue weighted by atomic mass is 16.5. The summed E-state index contributed by atoms with van der Waals surface area (Å²) < 4.78 is 4.85. The minimum absolute atomic E-state index is 0.0631. The SMILES string of the molecule is CCCCCCCCN1C(=O)C(/C=C\OC(C)=O)c2ccccc21. The normalized spacial score (nSPS) is 16.7. The van der Waals surface area contributed by atoms with Gasteiger partial charge in [0.15, 0.2) is 0 Å². The maximum atomic E-state index is 12.7. The van der Waals surface area contributed by atoms with E-state index in [9.17, 15) is 9.59 Å². The number of benzene rings is 1. The summed E-state index contributed by atoms with van der Waals surface area (Å²) in [7, 11) is 0. The summed E-state index contributed by atoms with van der Waals surface area (Å²) in [6, 6.07) is 7.85. The predicted molar refractivity (Wildman–Crippen MR) is 95.8 cm³/mol. The van der Waals surface area contributed by atoms with Gasteiger partial charge in [0.1, 0.15) is 0 Å². The molecule has 0 aliphatic carbocycles. The Balaban J connectivity index is 1.98. The van der Waals surface area contributed by atoms with Crippen LogP contribution in [0.5, 0.6) is 0 Å². The number of nitrogens with zero attached hydrogens (tertiary/aromatic N) is 1. The second-order valence-electron chi connectivity index (χ2n) is 6.23. The molecule has 1 aromatic carbocycles. The minimum atomic E-state index is -0.381. The molecule has 0 bridgehead atoms. The van der Waals surface area contributed by atoms with Gasteiger partial charge in [-0.15, -0.1) is 0 Å². The molecule has 4 heteroatoms. The number of hydrogen-bond donors (Lipinski definition) is 0. The Hall–Kier alpha value is -2.10. The van der Waals surface area contributed by atoms with Crippen LogP contribution in [0.1, 0.15) is 63.9 Å². The zero-order valence-corrected chi connectivity index (χ0v) is 14.7. The zero-order chi connectivity index (χ0) is 17.4. The van der Waals surface area contributed by atoms with Crippen LogP contribution >= 0.6 is 0 Å². The van der Waals surface area contributed by atoms with Crippen LogP contribution in [0.4, 0.5) is 5.69 Å². The fourth-order valence-electron chi connectivity index (χ4n) is 3.10. The van der Waals surface area contributed by atoms with E-state index in [1.54, 1.807) is 6.08 Å². The van der Waals surface area contributed by atoms with Crippen molar-refractivity contribution in [2.75, 3.05) is 11.4 Å². The molecule has 1 atom stereocenters. The maximum Gasteiger partial charge on any atom is 0.307 e.